The molecule has 9 heteroatoms. The lowest BCUT2D eigenvalue weighted by molar-refractivity contribution is 0.0701. The maximum absolute atomic E-state index is 11.8. The zero-order chi connectivity index (χ0) is 14.7. The lowest BCUT2D eigenvalue weighted by atomic mass is 10.4. The van der Waals surface area contributed by atoms with Crippen molar-refractivity contribution in [1.82, 2.24) is 20.3 Å². The molecule has 0 fully saturated rings. The van der Waals surface area contributed by atoms with Crippen molar-refractivity contribution < 1.29 is 14.7 Å². The summed E-state index contributed by atoms with van der Waals surface area (Å²) >= 11 is 6.66. The Bertz CT molecular complexity index is 673. The lowest BCUT2D eigenvalue weighted by Crippen LogP contribution is -2.23. The molecule has 0 saturated heterocycles. The van der Waals surface area contributed by atoms with E-state index < -0.39 is 11.9 Å². The number of halogens is 1. The second-order valence-corrected chi connectivity index (χ2v) is 5.21. The summed E-state index contributed by atoms with van der Waals surface area (Å²) in [6, 6.07) is 0. The number of hydrogen-bond donors (Lipinski definition) is 2. The van der Waals surface area contributed by atoms with Gasteiger partial charge in [0.05, 0.1) is 24.6 Å². The summed E-state index contributed by atoms with van der Waals surface area (Å²) in [4.78, 5) is 34.5. The highest BCUT2D eigenvalue weighted by molar-refractivity contribution is 7.13. The number of rotatable bonds is 4. The van der Waals surface area contributed by atoms with E-state index in [9.17, 15) is 9.59 Å². The summed E-state index contributed by atoms with van der Waals surface area (Å²) in [5.74, 6) is -1.48. The van der Waals surface area contributed by atoms with Crippen LogP contribution in [0.3, 0.4) is 0 Å². The van der Waals surface area contributed by atoms with Gasteiger partial charge in [0.2, 0.25) is 0 Å². The molecule has 2 aromatic rings. The fourth-order valence-electron chi connectivity index (χ4n) is 1.42. The molecule has 0 aliphatic rings. The first-order chi connectivity index (χ1) is 9.47. The predicted molar refractivity (Wildman–Crippen MR) is 72.0 cm³/mol. The maximum Gasteiger partial charge on any atom is 0.347 e. The zero-order valence-corrected chi connectivity index (χ0v) is 11.8. The van der Waals surface area contributed by atoms with Gasteiger partial charge in [-0.15, -0.1) is 11.3 Å². The summed E-state index contributed by atoms with van der Waals surface area (Å²) in [6.07, 6.45) is 2.61. The van der Waals surface area contributed by atoms with Crippen molar-refractivity contribution in [3.05, 3.63) is 38.8 Å². The van der Waals surface area contributed by atoms with Crippen molar-refractivity contribution in [2.45, 2.75) is 13.5 Å². The Morgan fingerprint density at radius 2 is 2.15 bits per heavy atom. The fraction of sp³-hybridized carbons (Fsp3) is 0.182. The Morgan fingerprint density at radius 1 is 1.40 bits per heavy atom. The van der Waals surface area contributed by atoms with E-state index in [1.165, 1.54) is 12.4 Å². The number of carboxylic acid groups (broad SMARTS) is 1. The van der Waals surface area contributed by atoms with Gasteiger partial charge in [0.1, 0.15) is 20.7 Å². The molecule has 20 heavy (non-hydrogen) atoms. The van der Waals surface area contributed by atoms with Gasteiger partial charge >= 0.3 is 5.97 Å². The van der Waals surface area contributed by atoms with Crippen LogP contribution in [0.2, 0.25) is 5.15 Å². The minimum atomic E-state index is -1.03. The van der Waals surface area contributed by atoms with Gasteiger partial charge in [-0.05, 0) is 6.92 Å². The maximum atomic E-state index is 11.8. The Hall–Kier alpha value is -2.06. The SMILES string of the molecule is Cc1nc(CNC(=O)c2cncc(Cl)n2)sc1C(=O)O. The molecular formula is C11H9ClN4O3S. The van der Waals surface area contributed by atoms with Crippen molar-refractivity contribution in [3.63, 3.8) is 0 Å². The number of hydrogen-bond acceptors (Lipinski definition) is 6. The van der Waals surface area contributed by atoms with Gasteiger partial charge in [0.25, 0.3) is 5.91 Å². The molecule has 0 saturated carbocycles. The van der Waals surface area contributed by atoms with Gasteiger partial charge in [-0.25, -0.2) is 14.8 Å². The van der Waals surface area contributed by atoms with Crippen LogP contribution < -0.4 is 5.32 Å². The second-order valence-electron chi connectivity index (χ2n) is 3.74. The molecule has 0 unspecified atom stereocenters. The number of amides is 1. The monoisotopic (exact) mass is 312 g/mol. The van der Waals surface area contributed by atoms with E-state index in [0.717, 1.165) is 11.3 Å². The van der Waals surface area contributed by atoms with Crippen LogP contribution >= 0.6 is 22.9 Å². The molecule has 2 heterocycles. The lowest BCUT2D eigenvalue weighted by Gasteiger charge is -2.01. The number of carboxylic acids is 1. The Morgan fingerprint density at radius 3 is 2.75 bits per heavy atom. The fourth-order valence-corrected chi connectivity index (χ4v) is 2.41. The quantitative estimate of drug-likeness (QED) is 0.887. The van der Waals surface area contributed by atoms with E-state index in [1.807, 2.05) is 0 Å². The molecule has 2 N–H and O–H groups in total. The minimum Gasteiger partial charge on any atom is -0.477 e. The van der Waals surface area contributed by atoms with Crippen LogP contribution in [0.25, 0.3) is 0 Å². The molecule has 0 spiro atoms. The average Bonchev–Trinajstić information content (AvgIpc) is 2.77. The van der Waals surface area contributed by atoms with Gasteiger partial charge in [-0.2, -0.15) is 0 Å². The smallest absolute Gasteiger partial charge is 0.347 e. The molecule has 0 aliphatic carbocycles. The Balaban J connectivity index is 2.04. The number of nitrogens with zero attached hydrogens (tertiary/aromatic N) is 3. The van der Waals surface area contributed by atoms with Crippen molar-refractivity contribution in [3.8, 4) is 0 Å². The van der Waals surface area contributed by atoms with Gasteiger partial charge in [0.15, 0.2) is 0 Å². The average molecular weight is 313 g/mol. The summed E-state index contributed by atoms with van der Waals surface area (Å²) < 4.78 is 0. The number of carbonyl (C=O) groups is 2. The third-order valence-corrected chi connectivity index (χ3v) is 3.60. The minimum absolute atomic E-state index is 0.0873. The van der Waals surface area contributed by atoms with Gasteiger partial charge in [0, 0.05) is 0 Å². The van der Waals surface area contributed by atoms with Crippen molar-refractivity contribution in [2.24, 2.45) is 0 Å². The molecule has 7 nitrogen and oxygen atoms in total. The summed E-state index contributed by atoms with van der Waals surface area (Å²) in [6.45, 7) is 1.72. The van der Waals surface area contributed by atoms with Crippen LogP contribution in [0, 0.1) is 6.92 Å². The molecular weight excluding hydrogens is 304 g/mol. The van der Waals surface area contributed by atoms with Crippen molar-refractivity contribution in [1.29, 1.82) is 0 Å². The first kappa shape index (κ1) is 14.4. The van der Waals surface area contributed by atoms with E-state index in [0.29, 0.717) is 10.7 Å². The molecule has 0 aromatic carbocycles. The molecule has 104 valence electrons. The highest BCUT2D eigenvalue weighted by atomic mass is 35.5. The summed E-state index contributed by atoms with van der Waals surface area (Å²) in [5.41, 5.74) is 0.513. The van der Waals surface area contributed by atoms with Crippen LogP contribution in [0.1, 0.15) is 30.9 Å². The first-order valence-electron chi connectivity index (χ1n) is 5.42. The number of aryl methyl sites for hydroxylation is 1. The van der Waals surface area contributed by atoms with Crippen molar-refractivity contribution in [2.75, 3.05) is 0 Å². The topological polar surface area (TPSA) is 105 Å². The molecule has 0 radical (unpaired) electrons. The number of aromatic nitrogens is 3. The summed E-state index contributed by atoms with van der Waals surface area (Å²) in [5, 5.41) is 12.1. The van der Waals surface area contributed by atoms with Gasteiger partial charge < -0.3 is 10.4 Å². The van der Waals surface area contributed by atoms with E-state index in [4.69, 9.17) is 16.7 Å². The third kappa shape index (κ3) is 3.28. The van der Waals surface area contributed by atoms with Crippen molar-refractivity contribution >= 4 is 34.8 Å². The Labute approximate surface area is 122 Å². The van der Waals surface area contributed by atoms with E-state index >= 15 is 0 Å². The predicted octanol–water partition coefficient (Wildman–Crippen LogP) is 1.52. The van der Waals surface area contributed by atoms with Crippen LogP contribution in [0.4, 0.5) is 0 Å². The number of aromatic carboxylic acids is 1. The second kappa shape index (κ2) is 5.93. The largest absolute Gasteiger partial charge is 0.477 e. The molecule has 0 atom stereocenters. The summed E-state index contributed by atoms with van der Waals surface area (Å²) in [7, 11) is 0. The van der Waals surface area contributed by atoms with E-state index in [1.54, 1.807) is 6.92 Å². The zero-order valence-electron chi connectivity index (χ0n) is 10.3. The van der Waals surface area contributed by atoms with Crippen LogP contribution in [0.5, 0.6) is 0 Å². The van der Waals surface area contributed by atoms with E-state index in [-0.39, 0.29) is 22.3 Å². The molecule has 2 aromatic heterocycles. The normalized spacial score (nSPS) is 10.3. The van der Waals surface area contributed by atoms with Gasteiger partial charge in [-0.1, -0.05) is 11.6 Å². The number of thiazole rings is 1. The number of carbonyl (C=O) groups excluding carboxylic acids is 1. The molecule has 2 rings (SSSR count). The van der Waals surface area contributed by atoms with Gasteiger partial charge in [-0.3, -0.25) is 9.78 Å². The highest BCUT2D eigenvalue weighted by Gasteiger charge is 2.15. The Kier molecular flexibility index (Phi) is 4.26. The van der Waals surface area contributed by atoms with Crippen LogP contribution in [-0.4, -0.2) is 31.9 Å². The molecule has 0 aliphatic heterocycles. The molecule has 0 bridgehead atoms. The third-order valence-electron chi connectivity index (χ3n) is 2.27. The molecule has 1 amide bonds. The highest BCUT2D eigenvalue weighted by Crippen LogP contribution is 2.17. The van der Waals surface area contributed by atoms with Crippen LogP contribution in [0.15, 0.2) is 12.4 Å². The standard InChI is InChI=1S/C11H9ClN4O3S/c1-5-9(11(18)19)20-8(15-5)4-14-10(17)6-2-13-3-7(12)16-6/h2-3H,4H2,1H3,(H,14,17)(H,18,19). The first-order valence-corrected chi connectivity index (χ1v) is 6.62. The van der Waals surface area contributed by atoms with E-state index in [2.05, 4.69) is 20.3 Å². The number of nitrogens with one attached hydrogen (secondary N) is 1. The van der Waals surface area contributed by atoms with Crippen LogP contribution in [-0.2, 0) is 6.54 Å².